The number of pyridine rings is 1. The molecule has 0 radical (unpaired) electrons. The van der Waals surface area contributed by atoms with Crippen LogP contribution in [-0.2, 0) is 9.53 Å². The van der Waals surface area contributed by atoms with Crippen molar-refractivity contribution in [3.8, 4) is 5.75 Å². The van der Waals surface area contributed by atoms with Gasteiger partial charge in [-0.05, 0) is 37.3 Å². The number of amides is 1. The molecule has 2 rings (SSSR count). The van der Waals surface area contributed by atoms with Gasteiger partial charge in [0.2, 0.25) is 0 Å². The lowest BCUT2D eigenvalue weighted by atomic mass is 10.2. The number of hydrogen-bond acceptors (Lipinski definition) is 5. The average molecular weight is 404 g/mol. The van der Waals surface area contributed by atoms with Gasteiger partial charge >= 0.3 is 5.97 Å². The van der Waals surface area contributed by atoms with E-state index in [0.29, 0.717) is 16.5 Å². The maximum Gasteiger partial charge on any atom is 0.359 e. The number of carbonyl (C=O) groups excluding carboxylic acids is 2. The molecule has 1 atom stereocenters. The summed E-state index contributed by atoms with van der Waals surface area (Å²) in [5.74, 6) is -1.03. The van der Waals surface area contributed by atoms with Crippen LogP contribution in [0, 0.1) is 0 Å². The first kappa shape index (κ1) is 19.3. The SMILES string of the molecule is COc1ccc(Cl)cc1NC(=O)[C@H](C)OC(=O)c1nc(Cl)ccc1Cl. The number of rotatable bonds is 5. The van der Waals surface area contributed by atoms with E-state index in [9.17, 15) is 9.59 Å². The van der Waals surface area contributed by atoms with Gasteiger partial charge in [-0.2, -0.15) is 0 Å². The lowest BCUT2D eigenvalue weighted by molar-refractivity contribution is -0.123. The van der Waals surface area contributed by atoms with Crippen molar-refractivity contribution in [2.24, 2.45) is 0 Å². The van der Waals surface area contributed by atoms with E-state index in [1.54, 1.807) is 12.1 Å². The van der Waals surface area contributed by atoms with Crippen LogP contribution in [0.25, 0.3) is 0 Å². The second-order valence-electron chi connectivity index (χ2n) is 4.85. The van der Waals surface area contributed by atoms with Crippen molar-refractivity contribution in [3.63, 3.8) is 0 Å². The summed E-state index contributed by atoms with van der Waals surface area (Å²) >= 11 is 17.5. The first-order chi connectivity index (χ1) is 11.8. The third-order valence-electron chi connectivity index (χ3n) is 3.08. The summed E-state index contributed by atoms with van der Waals surface area (Å²) in [6.45, 7) is 1.41. The number of anilines is 1. The van der Waals surface area contributed by atoms with E-state index in [4.69, 9.17) is 44.3 Å². The summed E-state index contributed by atoms with van der Waals surface area (Å²) in [6, 6.07) is 7.58. The Bertz CT molecular complexity index is 814. The highest BCUT2D eigenvalue weighted by molar-refractivity contribution is 6.34. The number of esters is 1. The second kappa shape index (κ2) is 8.38. The molecule has 0 unspecified atom stereocenters. The Morgan fingerprint density at radius 3 is 2.56 bits per heavy atom. The monoisotopic (exact) mass is 402 g/mol. The Morgan fingerprint density at radius 2 is 1.88 bits per heavy atom. The van der Waals surface area contributed by atoms with Gasteiger partial charge in [0.05, 0.1) is 17.8 Å². The molecule has 0 bridgehead atoms. The topological polar surface area (TPSA) is 77.5 Å². The number of nitrogens with zero attached hydrogens (tertiary/aromatic N) is 1. The lowest BCUT2D eigenvalue weighted by Gasteiger charge is -2.15. The minimum atomic E-state index is -1.12. The highest BCUT2D eigenvalue weighted by atomic mass is 35.5. The predicted molar refractivity (Wildman–Crippen MR) is 95.8 cm³/mol. The number of carbonyl (C=O) groups is 2. The van der Waals surface area contributed by atoms with Gasteiger partial charge in [0, 0.05) is 5.02 Å². The molecule has 1 N–H and O–H groups in total. The van der Waals surface area contributed by atoms with Gasteiger partial charge in [0.25, 0.3) is 5.91 Å². The van der Waals surface area contributed by atoms with Gasteiger partial charge in [-0.15, -0.1) is 0 Å². The number of benzene rings is 1. The summed E-state index contributed by atoms with van der Waals surface area (Å²) in [6.07, 6.45) is -1.12. The maximum absolute atomic E-state index is 12.2. The Balaban J connectivity index is 2.09. The smallest absolute Gasteiger partial charge is 0.359 e. The largest absolute Gasteiger partial charge is 0.495 e. The van der Waals surface area contributed by atoms with Gasteiger partial charge < -0.3 is 14.8 Å². The number of ether oxygens (including phenoxy) is 2. The van der Waals surface area contributed by atoms with Crippen molar-refractivity contribution in [1.82, 2.24) is 4.98 Å². The van der Waals surface area contributed by atoms with E-state index in [1.165, 1.54) is 32.2 Å². The first-order valence-electron chi connectivity index (χ1n) is 6.99. The minimum absolute atomic E-state index is 0.0681. The molecule has 25 heavy (non-hydrogen) atoms. The van der Waals surface area contributed by atoms with Crippen molar-refractivity contribution >= 4 is 52.4 Å². The molecule has 0 saturated heterocycles. The number of halogens is 3. The quantitative estimate of drug-likeness (QED) is 0.597. The molecular formula is C16H13Cl3N2O4. The van der Waals surface area contributed by atoms with Gasteiger partial charge in [-0.25, -0.2) is 9.78 Å². The molecule has 0 aliphatic carbocycles. The summed E-state index contributed by atoms with van der Waals surface area (Å²) < 4.78 is 10.2. The summed E-state index contributed by atoms with van der Waals surface area (Å²) in [4.78, 5) is 28.2. The van der Waals surface area contributed by atoms with Crippen molar-refractivity contribution in [1.29, 1.82) is 0 Å². The fraction of sp³-hybridized carbons (Fsp3) is 0.188. The Kier molecular flexibility index (Phi) is 6.47. The molecule has 0 fully saturated rings. The Hall–Kier alpha value is -2.02. The van der Waals surface area contributed by atoms with Crippen LogP contribution in [0.2, 0.25) is 15.2 Å². The summed E-state index contributed by atoms with van der Waals surface area (Å²) in [7, 11) is 1.45. The molecule has 0 aliphatic heterocycles. The molecule has 0 saturated carbocycles. The van der Waals surface area contributed by atoms with Crippen molar-refractivity contribution in [2.45, 2.75) is 13.0 Å². The summed E-state index contributed by atoms with van der Waals surface area (Å²) in [5, 5.41) is 3.14. The molecule has 132 valence electrons. The standard InChI is InChI=1S/C16H13Cl3N2O4/c1-8(25-16(23)14-10(18)4-6-13(19)21-14)15(22)20-11-7-9(17)3-5-12(11)24-2/h3-8H,1-2H3,(H,20,22)/t8-/m0/s1. The van der Waals surface area contributed by atoms with Crippen LogP contribution in [0.15, 0.2) is 30.3 Å². The zero-order chi connectivity index (χ0) is 18.6. The van der Waals surface area contributed by atoms with Crippen LogP contribution in [-0.4, -0.2) is 30.1 Å². The molecule has 9 heteroatoms. The third-order valence-corrected chi connectivity index (χ3v) is 3.83. The number of aromatic nitrogens is 1. The van der Waals surface area contributed by atoms with Gasteiger partial charge in [-0.3, -0.25) is 4.79 Å². The normalized spacial score (nSPS) is 11.6. The van der Waals surface area contributed by atoms with Crippen molar-refractivity contribution < 1.29 is 19.1 Å². The number of nitrogens with one attached hydrogen (secondary N) is 1. The van der Waals surface area contributed by atoms with Crippen LogP contribution in [0.5, 0.6) is 5.75 Å². The van der Waals surface area contributed by atoms with Crippen LogP contribution in [0.1, 0.15) is 17.4 Å². The average Bonchev–Trinajstić information content (AvgIpc) is 2.57. The molecule has 6 nitrogen and oxygen atoms in total. The predicted octanol–water partition coefficient (Wildman–Crippen LogP) is 4.23. The van der Waals surface area contributed by atoms with E-state index in [1.807, 2.05) is 0 Å². The fourth-order valence-electron chi connectivity index (χ4n) is 1.84. The van der Waals surface area contributed by atoms with E-state index in [2.05, 4.69) is 10.3 Å². The summed E-state index contributed by atoms with van der Waals surface area (Å²) in [5.41, 5.74) is 0.177. The third kappa shape index (κ3) is 4.98. The van der Waals surface area contributed by atoms with Gasteiger partial charge in [0.1, 0.15) is 10.9 Å². The van der Waals surface area contributed by atoms with Crippen molar-refractivity contribution in [3.05, 3.63) is 51.2 Å². The molecule has 1 aromatic heterocycles. The van der Waals surface area contributed by atoms with E-state index in [0.717, 1.165) is 0 Å². The zero-order valence-corrected chi connectivity index (χ0v) is 15.4. The van der Waals surface area contributed by atoms with Gasteiger partial charge in [-0.1, -0.05) is 34.8 Å². The van der Waals surface area contributed by atoms with E-state index in [-0.39, 0.29) is 15.9 Å². The van der Waals surface area contributed by atoms with Crippen LogP contribution >= 0.6 is 34.8 Å². The fourth-order valence-corrected chi connectivity index (χ4v) is 2.35. The molecule has 1 aromatic carbocycles. The zero-order valence-electron chi connectivity index (χ0n) is 13.2. The number of hydrogen-bond donors (Lipinski definition) is 1. The molecule has 0 aliphatic rings. The minimum Gasteiger partial charge on any atom is -0.495 e. The van der Waals surface area contributed by atoms with Crippen molar-refractivity contribution in [2.75, 3.05) is 12.4 Å². The molecule has 2 aromatic rings. The first-order valence-corrected chi connectivity index (χ1v) is 8.12. The van der Waals surface area contributed by atoms with Gasteiger partial charge in [0.15, 0.2) is 11.8 Å². The molecular weight excluding hydrogens is 391 g/mol. The highest BCUT2D eigenvalue weighted by Crippen LogP contribution is 2.28. The van der Waals surface area contributed by atoms with E-state index < -0.39 is 18.0 Å². The molecule has 0 spiro atoms. The second-order valence-corrected chi connectivity index (χ2v) is 6.08. The Labute approximate surface area is 159 Å². The van der Waals surface area contributed by atoms with Crippen LogP contribution in [0.3, 0.4) is 0 Å². The molecule has 1 amide bonds. The Morgan fingerprint density at radius 1 is 1.16 bits per heavy atom. The highest BCUT2D eigenvalue weighted by Gasteiger charge is 2.23. The maximum atomic E-state index is 12.2. The van der Waals surface area contributed by atoms with Crippen LogP contribution in [0.4, 0.5) is 5.69 Å². The van der Waals surface area contributed by atoms with Crippen LogP contribution < -0.4 is 10.1 Å². The lowest BCUT2D eigenvalue weighted by Crippen LogP contribution is -2.30. The molecule has 1 heterocycles. The number of methoxy groups -OCH3 is 1. The van der Waals surface area contributed by atoms with E-state index >= 15 is 0 Å².